The van der Waals surface area contributed by atoms with Gasteiger partial charge in [-0.25, -0.2) is 27.5 Å². The van der Waals surface area contributed by atoms with Gasteiger partial charge in [0.2, 0.25) is 10.0 Å². The summed E-state index contributed by atoms with van der Waals surface area (Å²) in [7, 11) is -3.93. The van der Waals surface area contributed by atoms with Gasteiger partial charge in [0.05, 0.1) is 23.5 Å². The largest absolute Gasteiger partial charge is 0.334 e. The number of hydrogen-bond donors (Lipinski definition) is 1. The Morgan fingerprint density at radius 1 is 1.29 bits per heavy atom. The molecule has 1 fully saturated rings. The first-order valence-electron chi connectivity index (χ1n) is 10.3. The van der Waals surface area contributed by atoms with Crippen LogP contribution in [0.1, 0.15) is 49.8 Å². The predicted molar refractivity (Wildman–Crippen MR) is 116 cm³/mol. The zero-order chi connectivity index (χ0) is 22.2. The van der Waals surface area contributed by atoms with Crippen LogP contribution in [0.5, 0.6) is 0 Å². The van der Waals surface area contributed by atoms with Crippen LogP contribution in [0.25, 0.3) is 22.4 Å². The number of alkyl halides is 1. The Bertz CT molecular complexity index is 1260. The minimum Gasteiger partial charge on any atom is -0.334 e. The molecule has 1 aliphatic rings. The second-order valence-electron chi connectivity index (χ2n) is 8.08. The molecule has 1 atom stereocenters. The summed E-state index contributed by atoms with van der Waals surface area (Å²) in [5.74, 6) is 0.301. The summed E-state index contributed by atoms with van der Waals surface area (Å²) in [6.07, 6.45) is 6.67. The van der Waals surface area contributed by atoms with Crippen LogP contribution in [-0.4, -0.2) is 35.7 Å². The Morgan fingerprint density at radius 3 is 2.58 bits per heavy atom. The van der Waals surface area contributed by atoms with E-state index in [0.717, 1.165) is 42.1 Å². The number of hydrogen-bond acceptors (Lipinski definition) is 5. The number of aromatic nitrogens is 3. The van der Waals surface area contributed by atoms with E-state index < -0.39 is 22.7 Å². The molecule has 2 aromatic heterocycles. The average Bonchev–Trinajstić information content (AvgIpc) is 3.38. The molecule has 0 spiro atoms. The lowest BCUT2D eigenvalue weighted by molar-refractivity contribution is 0.423. The van der Waals surface area contributed by atoms with Crippen molar-refractivity contribution < 1.29 is 12.8 Å². The van der Waals surface area contributed by atoms with Crippen molar-refractivity contribution in [2.24, 2.45) is 0 Å². The third-order valence-electron chi connectivity index (χ3n) is 5.70. The molecule has 31 heavy (non-hydrogen) atoms. The number of aryl methyl sites for hydroxylation is 1. The smallest absolute Gasteiger partial charge is 0.243 e. The Balaban J connectivity index is 1.86. The summed E-state index contributed by atoms with van der Waals surface area (Å²) in [5.41, 5.74) is 3.12. The summed E-state index contributed by atoms with van der Waals surface area (Å²) in [4.78, 5) is 8.48. The van der Waals surface area contributed by atoms with Crippen molar-refractivity contribution in [3.8, 4) is 17.6 Å². The van der Waals surface area contributed by atoms with Crippen LogP contribution >= 0.6 is 0 Å². The van der Waals surface area contributed by atoms with Crippen molar-refractivity contribution in [3.05, 3.63) is 41.7 Å². The van der Waals surface area contributed by atoms with Crippen molar-refractivity contribution in [2.45, 2.75) is 56.5 Å². The van der Waals surface area contributed by atoms with Crippen molar-refractivity contribution in [1.82, 2.24) is 19.3 Å². The number of fused-ring (bicyclic) bond motifs is 1. The standard InChI is InChI=1S/C22H24FN5O2S/c1-14-7-8-20-18(9-14)19(11-24)21(28(20)16-5-3-4-6-16)22-25-12-17(13-26-22)31(29,30)27-15(2)10-23/h7-9,12-13,15-16,27H,3-6,10H2,1-2H3/t15-/m0/s1. The Hall–Kier alpha value is -2.83. The van der Waals surface area contributed by atoms with E-state index in [1.165, 1.54) is 19.3 Å². The normalized spacial score (nSPS) is 15.9. The lowest BCUT2D eigenvalue weighted by Gasteiger charge is -2.17. The first kappa shape index (κ1) is 21.4. The average molecular weight is 442 g/mol. The molecule has 1 aliphatic carbocycles. The van der Waals surface area contributed by atoms with Crippen molar-refractivity contribution in [2.75, 3.05) is 6.67 Å². The lowest BCUT2D eigenvalue weighted by atomic mass is 10.1. The van der Waals surface area contributed by atoms with Crippen LogP contribution in [0.3, 0.4) is 0 Å². The maximum absolute atomic E-state index is 12.7. The molecule has 0 unspecified atom stereocenters. The van der Waals surface area contributed by atoms with Gasteiger partial charge in [0, 0.05) is 17.5 Å². The summed E-state index contributed by atoms with van der Waals surface area (Å²) < 4.78 is 41.9. The van der Waals surface area contributed by atoms with E-state index in [9.17, 15) is 18.1 Å². The third-order valence-corrected chi connectivity index (χ3v) is 7.24. The minimum absolute atomic E-state index is 0.144. The van der Waals surface area contributed by atoms with Crippen LogP contribution < -0.4 is 4.72 Å². The van der Waals surface area contributed by atoms with Gasteiger partial charge in [-0.2, -0.15) is 5.26 Å². The van der Waals surface area contributed by atoms with E-state index >= 15 is 0 Å². The fraction of sp³-hybridized carbons (Fsp3) is 0.409. The highest BCUT2D eigenvalue weighted by molar-refractivity contribution is 7.89. The molecule has 1 aromatic carbocycles. The van der Waals surface area contributed by atoms with Gasteiger partial charge in [-0.05, 0) is 38.8 Å². The summed E-state index contributed by atoms with van der Waals surface area (Å²) in [6, 6.07) is 7.74. The van der Waals surface area contributed by atoms with Gasteiger partial charge in [-0.15, -0.1) is 0 Å². The number of nitrogens with one attached hydrogen (secondary N) is 1. The van der Waals surface area contributed by atoms with Gasteiger partial charge in [0.15, 0.2) is 5.82 Å². The lowest BCUT2D eigenvalue weighted by Crippen LogP contribution is -2.34. The molecule has 0 bridgehead atoms. The number of sulfonamides is 1. The molecule has 4 rings (SSSR count). The molecule has 3 aromatic rings. The van der Waals surface area contributed by atoms with Gasteiger partial charge >= 0.3 is 0 Å². The zero-order valence-electron chi connectivity index (χ0n) is 17.5. The Labute approximate surface area is 181 Å². The van der Waals surface area contributed by atoms with E-state index in [0.29, 0.717) is 17.1 Å². The predicted octanol–water partition coefficient (Wildman–Crippen LogP) is 4.03. The molecule has 9 heteroatoms. The van der Waals surface area contributed by atoms with E-state index in [2.05, 4.69) is 25.3 Å². The van der Waals surface area contributed by atoms with Crippen LogP contribution in [0, 0.1) is 18.3 Å². The molecule has 162 valence electrons. The molecule has 0 radical (unpaired) electrons. The molecule has 0 saturated heterocycles. The monoisotopic (exact) mass is 441 g/mol. The van der Waals surface area contributed by atoms with Crippen molar-refractivity contribution in [3.63, 3.8) is 0 Å². The van der Waals surface area contributed by atoms with Gasteiger partial charge in [0.25, 0.3) is 0 Å². The van der Waals surface area contributed by atoms with Crippen LogP contribution in [0.4, 0.5) is 4.39 Å². The molecule has 1 N–H and O–H groups in total. The van der Waals surface area contributed by atoms with Crippen molar-refractivity contribution >= 4 is 20.9 Å². The van der Waals surface area contributed by atoms with E-state index in [-0.39, 0.29) is 10.9 Å². The van der Waals surface area contributed by atoms with E-state index in [4.69, 9.17) is 0 Å². The molecule has 1 saturated carbocycles. The Morgan fingerprint density at radius 2 is 1.97 bits per heavy atom. The minimum atomic E-state index is -3.93. The molecule has 2 heterocycles. The van der Waals surface area contributed by atoms with Crippen LogP contribution in [-0.2, 0) is 10.0 Å². The topological polar surface area (TPSA) is 101 Å². The maximum Gasteiger partial charge on any atom is 0.243 e. The first-order valence-corrected chi connectivity index (χ1v) is 11.8. The quantitative estimate of drug-likeness (QED) is 0.622. The third kappa shape index (κ3) is 3.93. The molecule has 0 amide bonds. The van der Waals surface area contributed by atoms with Crippen LogP contribution in [0.15, 0.2) is 35.5 Å². The summed E-state index contributed by atoms with van der Waals surface area (Å²) >= 11 is 0. The maximum atomic E-state index is 12.7. The first-order chi connectivity index (χ1) is 14.9. The van der Waals surface area contributed by atoms with Gasteiger partial charge in [-0.1, -0.05) is 24.5 Å². The highest BCUT2D eigenvalue weighted by Crippen LogP contribution is 2.40. The molecular weight excluding hydrogens is 417 g/mol. The fourth-order valence-electron chi connectivity index (χ4n) is 4.24. The fourth-order valence-corrected chi connectivity index (χ4v) is 5.36. The molecule has 7 nitrogen and oxygen atoms in total. The Kier molecular flexibility index (Phi) is 5.77. The number of rotatable bonds is 6. The van der Waals surface area contributed by atoms with E-state index in [1.54, 1.807) is 0 Å². The van der Waals surface area contributed by atoms with Crippen molar-refractivity contribution in [1.29, 1.82) is 5.26 Å². The van der Waals surface area contributed by atoms with Gasteiger partial charge in [-0.3, -0.25) is 0 Å². The SMILES string of the molecule is Cc1ccc2c(c1)c(C#N)c(-c1ncc(S(=O)(=O)N[C@@H](C)CF)cn1)n2C1CCCC1. The number of nitrogens with zero attached hydrogens (tertiary/aromatic N) is 4. The zero-order valence-corrected chi connectivity index (χ0v) is 18.3. The van der Waals surface area contributed by atoms with Crippen LogP contribution in [0.2, 0.25) is 0 Å². The summed E-state index contributed by atoms with van der Waals surface area (Å²) in [5, 5.41) is 10.8. The number of halogens is 1. The molecule has 0 aliphatic heterocycles. The number of benzene rings is 1. The van der Waals surface area contributed by atoms with Gasteiger partial charge < -0.3 is 4.57 Å². The highest BCUT2D eigenvalue weighted by atomic mass is 32.2. The highest BCUT2D eigenvalue weighted by Gasteiger charge is 2.28. The summed E-state index contributed by atoms with van der Waals surface area (Å²) in [6.45, 7) is 2.60. The second kappa shape index (κ2) is 8.36. The number of nitriles is 1. The van der Waals surface area contributed by atoms with Gasteiger partial charge in [0.1, 0.15) is 23.3 Å². The second-order valence-corrected chi connectivity index (χ2v) is 9.80. The van der Waals surface area contributed by atoms with E-state index in [1.807, 2.05) is 25.1 Å². The molecular formula is C22H24FN5O2S.